The van der Waals surface area contributed by atoms with Crippen molar-refractivity contribution in [2.75, 3.05) is 17.8 Å². The Bertz CT molecular complexity index is 1010. The van der Waals surface area contributed by atoms with Gasteiger partial charge in [-0.15, -0.1) is 10.2 Å². The molecule has 3 rings (SSSR count). The van der Waals surface area contributed by atoms with Crippen LogP contribution in [-0.4, -0.2) is 40.9 Å². The summed E-state index contributed by atoms with van der Waals surface area (Å²) in [6.45, 7) is 4.15. The van der Waals surface area contributed by atoms with Gasteiger partial charge in [0.05, 0.1) is 11.4 Å². The second-order valence-corrected chi connectivity index (χ2v) is 9.58. The second-order valence-electron chi connectivity index (χ2n) is 6.25. The Kier molecular flexibility index (Phi) is 5.48. The van der Waals surface area contributed by atoms with E-state index in [1.54, 1.807) is 0 Å². The Morgan fingerprint density at radius 1 is 1.00 bits per heavy atom. The molecule has 0 atom stereocenters. The molecule has 26 heavy (non-hydrogen) atoms. The largest absolute Gasteiger partial charge is 0.270 e. The fraction of sp³-hybridized carbons (Fsp3) is 0.263. The van der Waals surface area contributed by atoms with Gasteiger partial charge in [0.1, 0.15) is 9.84 Å². The van der Waals surface area contributed by atoms with Gasteiger partial charge in [-0.2, -0.15) is 0 Å². The zero-order valence-corrected chi connectivity index (χ0v) is 16.6. The lowest BCUT2D eigenvalue weighted by atomic mass is 10.1. The van der Waals surface area contributed by atoms with Crippen LogP contribution in [0.1, 0.15) is 11.1 Å². The number of nitrogens with zero attached hydrogens (tertiary/aromatic N) is 3. The van der Waals surface area contributed by atoms with E-state index in [0.717, 1.165) is 17.1 Å². The number of aromatic nitrogens is 3. The van der Waals surface area contributed by atoms with Gasteiger partial charge in [0, 0.05) is 17.6 Å². The minimum absolute atomic E-state index is 0.109. The summed E-state index contributed by atoms with van der Waals surface area (Å²) in [5, 5.41) is 9.38. The molecule has 0 aliphatic carbocycles. The van der Waals surface area contributed by atoms with Gasteiger partial charge in [0.15, 0.2) is 11.0 Å². The SMILES string of the molecule is Cc1ccc(-n2c(SCCS(C)(=O)=O)nnc2-c2ccccc2)cc1C. The number of hydrogen-bond donors (Lipinski definition) is 0. The van der Waals surface area contributed by atoms with E-state index in [1.807, 2.05) is 41.0 Å². The van der Waals surface area contributed by atoms with E-state index in [-0.39, 0.29) is 5.75 Å². The molecule has 0 N–H and O–H groups in total. The molecule has 0 aliphatic heterocycles. The van der Waals surface area contributed by atoms with Crippen LogP contribution < -0.4 is 0 Å². The number of thioether (sulfide) groups is 1. The third-order valence-electron chi connectivity index (χ3n) is 4.10. The predicted octanol–water partition coefficient (Wildman–Crippen LogP) is 3.69. The highest BCUT2D eigenvalue weighted by molar-refractivity contribution is 8.00. The molecule has 3 aromatic rings. The van der Waals surface area contributed by atoms with Gasteiger partial charge in [-0.3, -0.25) is 4.57 Å². The Morgan fingerprint density at radius 2 is 1.73 bits per heavy atom. The van der Waals surface area contributed by atoms with Crippen molar-refractivity contribution in [1.82, 2.24) is 14.8 Å². The molecular weight excluding hydrogens is 366 g/mol. The first-order valence-corrected chi connectivity index (χ1v) is 11.3. The topological polar surface area (TPSA) is 64.8 Å². The zero-order chi connectivity index (χ0) is 18.7. The number of hydrogen-bond acceptors (Lipinski definition) is 5. The van der Waals surface area contributed by atoms with Crippen LogP contribution in [0.4, 0.5) is 0 Å². The van der Waals surface area contributed by atoms with Crippen LogP contribution in [0.25, 0.3) is 17.1 Å². The van der Waals surface area contributed by atoms with E-state index in [9.17, 15) is 8.42 Å². The maximum atomic E-state index is 11.4. The van der Waals surface area contributed by atoms with E-state index in [4.69, 9.17) is 0 Å². The average molecular weight is 388 g/mol. The molecule has 5 nitrogen and oxygen atoms in total. The maximum Gasteiger partial charge on any atom is 0.196 e. The highest BCUT2D eigenvalue weighted by Crippen LogP contribution is 2.28. The summed E-state index contributed by atoms with van der Waals surface area (Å²) in [6.07, 6.45) is 1.25. The number of aryl methyl sites for hydroxylation is 2. The van der Waals surface area contributed by atoms with Crippen molar-refractivity contribution in [1.29, 1.82) is 0 Å². The Hall–Kier alpha value is -2.12. The fourth-order valence-electron chi connectivity index (χ4n) is 2.52. The Labute approximate surface area is 158 Å². The van der Waals surface area contributed by atoms with Crippen LogP contribution in [0.15, 0.2) is 53.7 Å². The lowest BCUT2D eigenvalue weighted by molar-refractivity contribution is 0.603. The van der Waals surface area contributed by atoms with Crippen molar-refractivity contribution >= 4 is 21.6 Å². The fourth-order valence-corrected chi connectivity index (χ4v) is 4.67. The Morgan fingerprint density at radius 3 is 2.38 bits per heavy atom. The van der Waals surface area contributed by atoms with Crippen LogP contribution in [0.3, 0.4) is 0 Å². The molecular formula is C19H21N3O2S2. The second kappa shape index (κ2) is 7.63. The maximum absolute atomic E-state index is 11.4. The molecule has 1 heterocycles. The molecule has 7 heteroatoms. The van der Waals surface area contributed by atoms with E-state index >= 15 is 0 Å². The van der Waals surface area contributed by atoms with Crippen molar-refractivity contribution < 1.29 is 8.42 Å². The standard InChI is InChI=1S/C19H21N3O2S2/c1-14-9-10-17(13-15(14)2)22-18(16-7-5-4-6-8-16)20-21-19(22)25-11-12-26(3,23)24/h4-10,13H,11-12H2,1-3H3. The summed E-state index contributed by atoms with van der Waals surface area (Å²) < 4.78 is 24.9. The van der Waals surface area contributed by atoms with E-state index < -0.39 is 9.84 Å². The summed E-state index contributed by atoms with van der Waals surface area (Å²) in [5.74, 6) is 1.30. The first kappa shape index (κ1) is 18.7. The Balaban J connectivity index is 2.05. The van der Waals surface area contributed by atoms with Gasteiger partial charge in [-0.1, -0.05) is 48.2 Å². The van der Waals surface area contributed by atoms with Gasteiger partial charge in [-0.05, 0) is 37.1 Å². The van der Waals surface area contributed by atoms with E-state index in [2.05, 4.69) is 36.2 Å². The molecule has 2 aromatic carbocycles. The molecule has 0 spiro atoms. The monoisotopic (exact) mass is 387 g/mol. The summed E-state index contributed by atoms with van der Waals surface area (Å²) >= 11 is 1.40. The normalized spacial score (nSPS) is 11.7. The van der Waals surface area contributed by atoms with Crippen molar-refractivity contribution in [2.45, 2.75) is 19.0 Å². The molecule has 0 amide bonds. The molecule has 0 bridgehead atoms. The number of rotatable bonds is 6. The van der Waals surface area contributed by atoms with E-state index in [0.29, 0.717) is 10.9 Å². The predicted molar refractivity (Wildman–Crippen MR) is 107 cm³/mol. The molecule has 0 fully saturated rings. The highest BCUT2D eigenvalue weighted by Gasteiger charge is 2.17. The van der Waals surface area contributed by atoms with Gasteiger partial charge >= 0.3 is 0 Å². The van der Waals surface area contributed by atoms with Gasteiger partial charge in [-0.25, -0.2) is 8.42 Å². The van der Waals surface area contributed by atoms with Gasteiger partial charge < -0.3 is 0 Å². The molecule has 0 saturated carbocycles. The van der Waals surface area contributed by atoms with Gasteiger partial charge in [0.25, 0.3) is 0 Å². The summed E-state index contributed by atoms with van der Waals surface area (Å²) in [5.41, 5.74) is 4.34. The first-order valence-electron chi connectivity index (χ1n) is 8.24. The van der Waals surface area contributed by atoms with Gasteiger partial charge in [0.2, 0.25) is 0 Å². The molecule has 0 saturated heterocycles. The smallest absolute Gasteiger partial charge is 0.196 e. The zero-order valence-electron chi connectivity index (χ0n) is 15.0. The minimum Gasteiger partial charge on any atom is -0.270 e. The van der Waals surface area contributed by atoms with Crippen LogP contribution in [0.5, 0.6) is 0 Å². The van der Waals surface area contributed by atoms with Crippen molar-refractivity contribution in [3.8, 4) is 17.1 Å². The summed E-state index contributed by atoms with van der Waals surface area (Å²) in [7, 11) is -3.01. The molecule has 0 radical (unpaired) electrons. The van der Waals surface area contributed by atoms with Crippen molar-refractivity contribution in [2.24, 2.45) is 0 Å². The lowest BCUT2D eigenvalue weighted by Gasteiger charge is -2.12. The van der Waals surface area contributed by atoms with Crippen LogP contribution in [0.2, 0.25) is 0 Å². The number of sulfone groups is 1. The average Bonchev–Trinajstić information content (AvgIpc) is 3.01. The van der Waals surface area contributed by atoms with Crippen LogP contribution >= 0.6 is 11.8 Å². The van der Waals surface area contributed by atoms with Crippen molar-refractivity contribution in [3.05, 3.63) is 59.7 Å². The lowest BCUT2D eigenvalue weighted by Crippen LogP contribution is -2.06. The highest BCUT2D eigenvalue weighted by atomic mass is 32.2. The molecule has 0 unspecified atom stereocenters. The minimum atomic E-state index is -3.01. The van der Waals surface area contributed by atoms with E-state index in [1.165, 1.54) is 29.1 Å². The van der Waals surface area contributed by atoms with Crippen molar-refractivity contribution in [3.63, 3.8) is 0 Å². The summed E-state index contributed by atoms with van der Waals surface area (Å²) in [4.78, 5) is 0. The summed E-state index contributed by atoms with van der Waals surface area (Å²) in [6, 6.07) is 16.1. The van der Waals surface area contributed by atoms with Crippen LogP contribution in [-0.2, 0) is 9.84 Å². The number of benzene rings is 2. The molecule has 0 aliphatic rings. The molecule has 1 aromatic heterocycles. The quantitative estimate of drug-likeness (QED) is 0.604. The third kappa shape index (κ3) is 4.34. The third-order valence-corrected chi connectivity index (χ3v) is 6.23. The molecule has 136 valence electrons. The van der Waals surface area contributed by atoms with Crippen LogP contribution in [0, 0.1) is 13.8 Å². The first-order chi connectivity index (χ1) is 12.3.